The predicted molar refractivity (Wildman–Crippen MR) is 71.2 cm³/mol. The molecule has 0 aromatic rings. The summed E-state index contributed by atoms with van der Waals surface area (Å²) in [5, 5.41) is 1.32. The Morgan fingerprint density at radius 2 is 1.93 bits per heavy atom. The Hall–Kier alpha value is 0.700. The summed E-state index contributed by atoms with van der Waals surface area (Å²) in [5.74, 6) is 4.75. The van der Waals surface area contributed by atoms with Crippen molar-refractivity contribution in [3.05, 3.63) is 0 Å². The monoisotopic (exact) mass is 232 g/mol. The first-order chi connectivity index (χ1) is 6.83. The number of rotatable bonds is 7. The lowest BCUT2D eigenvalue weighted by Crippen LogP contribution is -1.98. The third-order valence-corrected chi connectivity index (χ3v) is 5.94. The van der Waals surface area contributed by atoms with Gasteiger partial charge in [0.05, 0.1) is 0 Å². The molecule has 0 amide bonds. The van der Waals surface area contributed by atoms with Gasteiger partial charge in [-0.1, -0.05) is 33.1 Å². The maximum absolute atomic E-state index is 2.36. The summed E-state index contributed by atoms with van der Waals surface area (Å²) in [7, 11) is 0. The molecule has 0 N–H and O–H groups in total. The average Bonchev–Trinajstić information content (AvgIpc) is 2.69. The van der Waals surface area contributed by atoms with E-state index in [1.165, 1.54) is 48.7 Å². The Bertz CT molecular complexity index is 130. The van der Waals surface area contributed by atoms with E-state index in [4.69, 9.17) is 0 Å². The molecule has 0 aliphatic heterocycles. The summed E-state index contributed by atoms with van der Waals surface area (Å²) in [5.41, 5.74) is 0. The van der Waals surface area contributed by atoms with Gasteiger partial charge in [0.15, 0.2) is 0 Å². The quantitative estimate of drug-likeness (QED) is 0.463. The SMILES string of the molecule is CCC(C)CSCSCC1CCCC1. The van der Waals surface area contributed by atoms with Gasteiger partial charge in [0, 0.05) is 5.08 Å². The van der Waals surface area contributed by atoms with Gasteiger partial charge in [0.1, 0.15) is 0 Å². The summed E-state index contributed by atoms with van der Waals surface area (Å²) in [4.78, 5) is 0. The van der Waals surface area contributed by atoms with Crippen molar-refractivity contribution in [2.75, 3.05) is 16.6 Å². The van der Waals surface area contributed by atoms with Crippen molar-refractivity contribution >= 4 is 23.5 Å². The molecule has 2 heteroatoms. The Kier molecular flexibility index (Phi) is 7.23. The molecule has 0 radical (unpaired) electrons. The van der Waals surface area contributed by atoms with Crippen molar-refractivity contribution in [1.29, 1.82) is 0 Å². The highest BCUT2D eigenvalue weighted by atomic mass is 32.2. The summed E-state index contributed by atoms with van der Waals surface area (Å²) < 4.78 is 0. The fourth-order valence-electron chi connectivity index (χ4n) is 1.82. The molecule has 1 aliphatic carbocycles. The smallest absolute Gasteiger partial charge is 0.0392 e. The molecule has 0 aromatic heterocycles. The van der Waals surface area contributed by atoms with E-state index in [0.29, 0.717) is 0 Å². The van der Waals surface area contributed by atoms with E-state index in [1.54, 1.807) is 0 Å². The lowest BCUT2D eigenvalue weighted by Gasteiger charge is -2.09. The second kappa shape index (κ2) is 7.92. The maximum Gasteiger partial charge on any atom is 0.0392 e. The van der Waals surface area contributed by atoms with E-state index in [1.807, 2.05) is 0 Å². The average molecular weight is 232 g/mol. The van der Waals surface area contributed by atoms with Crippen LogP contribution in [0.15, 0.2) is 0 Å². The van der Waals surface area contributed by atoms with Crippen molar-refractivity contribution < 1.29 is 0 Å². The van der Waals surface area contributed by atoms with Gasteiger partial charge in [-0.15, -0.1) is 0 Å². The molecule has 0 heterocycles. The fraction of sp³-hybridized carbons (Fsp3) is 1.00. The Morgan fingerprint density at radius 3 is 2.57 bits per heavy atom. The Morgan fingerprint density at radius 1 is 1.21 bits per heavy atom. The predicted octanol–water partition coefficient (Wildman–Crippen LogP) is 4.65. The molecule has 1 fully saturated rings. The fourth-order valence-corrected chi connectivity index (χ4v) is 4.36. The molecule has 1 atom stereocenters. The number of hydrogen-bond acceptors (Lipinski definition) is 2. The van der Waals surface area contributed by atoms with Crippen molar-refractivity contribution in [2.24, 2.45) is 11.8 Å². The zero-order chi connectivity index (χ0) is 10.2. The minimum absolute atomic E-state index is 0.909. The van der Waals surface area contributed by atoms with Crippen LogP contribution < -0.4 is 0 Å². The van der Waals surface area contributed by atoms with Crippen LogP contribution in [0.2, 0.25) is 0 Å². The van der Waals surface area contributed by atoms with Crippen molar-refractivity contribution in [3.8, 4) is 0 Å². The van der Waals surface area contributed by atoms with Crippen LogP contribution in [0.1, 0.15) is 46.0 Å². The molecule has 0 aromatic carbocycles. The molecule has 84 valence electrons. The van der Waals surface area contributed by atoms with Gasteiger partial charge >= 0.3 is 0 Å². The highest BCUT2D eigenvalue weighted by molar-refractivity contribution is 8.15. The summed E-state index contributed by atoms with van der Waals surface area (Å²) in [6, 6.07) is 0. The van der Waals surface area contributed by atoms with Crippen LogP contribution in [0.3, 0.4) is 0 Å². The van der Waals surface area contributed by atoms with Crippen LogP contribution in [-0.4, -0.2) is 16.6 Å². The van der Waals surface area contributed by atoms with Crippen LogP contribution in [0.4, 0.5) is 0 Å². The van der Waals surface area contributed by atoms with Crippen LogP contribution in [-0.2, 0) is 0 Å². The molecule has 0 saturated heterocycles. The second-order valence-corrected chi connectivity index (χ2v) is 6.95. The van der Waals surface area contributed by atoms with Crippen LogP contribution in [0, 0.1) is 11.8 Å². The van der Waals surface area contributed by atoms with Gasteiger partial charge in [-0.25, -0.2) is 0 Å². The Balaban J connectivity index is 1.84. The highest BCUT2D eigenvalue weighted by Crippen LogP contribution is 2.29. The summed E-state index contributed by atoms with van der Waals surface area (Å²) in [6.45, 7) is 4.64. The van der Waals surface area contributed by atoms with E-state index in [-0.39, 0.29) is 0 Å². The van der Waals surface area contributed by atoms with E-state index < -0.39 is 0 Å². The molecular formula is C12H24S2. The topological polar surface area (TPSA) is 0 Å². The van der Waals surface area contributed by atoms with Gasteiger partial charge in [-0.05, 0) is 36.2 Å². The first-order valence-electron chi connectivity index (χ1n) is 5.98. The molecule has 14 heavy (non-hydrogen) atoms. The van der Waals surface area contributed by atoms with E-state index in [0.717, 1.165) is 11.8 Å². The highest BCUT2D eigenvalue weighted by Gasteiger charge is 2.14. The lowest BCUT2D eigenvalue weighted by atomic mass is 10.1. The lowest BCUT2D eigenvalue weighted by molar-refractivity contribution is 0.623. The van der Waals surface area contributed by atoms with Crippen molar-refractivity contribution in [1.82, 2.24) is 0 Å². The van der Waals surface area contributed by atoms with E-state index in [9.17, 15) is 0 Å². The third kappa shape index (κ3) is 5.55. The number of thioether (sulfide) groups is 2. The first kappa shape index (κ1) is 12.8. The van der Waals surface area contributed by atoms with Crippen LogP contribution in [0.25, 0.3) is 0 Å². The third-order valence-electron chi connectivity index (χ3n) is 3.09. The van der Waals surface area contributed by atoms with Gasteiger partial charge in [-0.3, -0.25) is 0 Å². The Labute approximate surface area is 98.0 Å². The molecule has 1 unspecified atom stereocenters. The molecular weight excluding hydrogens is 208 g/mol. The minimum Gasteiger partial charge on any atom is -0.151 e. The molecule has 1 rings (SSSR count). The van der Waals surface area contributed by atoms with Crippen LogP contribution in [0.5, 0.6) is 0 Å². The normalized spacial score (nSPS) is 20.1. The number of hydrogen-bond donors (Lipinski definition) is 0. The zero-order valence-corrected chi connectivity index (χ0v) is 11.3. The summed E-state index contributed by atoms with van der Waals surface area (Å²) >= 11 is 4.30. The summed E-state index contributed by atoms with van der Waals surface area (Å²) in [6.07, 6.45) is 7.32. The second-order valence-electron chi connectivity index (χ2n) is 4.52. The van der Waals surface area contributed by atoms with Crippen molar-refractivity contribution in [3.63, 3.8) is 0 Å². The van der Waals surface area contributed by atoms with Crippen molar-refractivity contribution in [2.45, 2.75) is 46.0 Å². The molecule has 1 saturated carbocycles. The van der Waals surface area contributed by atoms with Gasteiger partial charge in [0.25, 0.3) is 0 Å². The van der Waals surface area contributed by atoms with E-state index in [2.05, 4.69) is 37.4 Å². The molecule has 0 spiro atoms. The van der Waals surface area contributed by atoms with Gasteiger partial charge in [0.2, 0.25) is 0 Å². The van der Waals surface area contributed by atoms with Gasteiger partial charge in [-0.2, -0.15) is 23.5 Å². The molecule has 0 nitrogen and oxygen atoms in total. The first-order valence-corrected chi connectivity index (χ1v) is 8.29. The van der Waals surface area contributed by atoms with Gasteiger partial charge < -0.3 is 0 Å². The van der Waals surface area contributed by atoms with E-state index >= 15 is 0 Å². The molecule has 1 aliphatic rings. The standard InChI is InChI=1S/C12H24S2/c1-3-11(2)8-13-10-14-9-12-6-4-5-7-12/h11-12H,3-10H2,1-2H3. The van der Waals surface area contributed by atoms with Crippen LogP contribution >= 0.6 is 23.5 Å². The maximum atomic E-state index is 2.36. The molecule has 0 bridgehead atoms. The minimum atomic E-state index is 0.909. The largest absolute Gasteiger partial charge is 0.151 e. The zero-order valence-electron chi connectivity index (χ0n) is 9.63.